The van der Waals surface area contributed by atoms with E-state index in [2.05, 4.69) is 5.32 Å². The van der Waals surface area contributed by atoms with Gasteiger partial charge >= 0.3 is 0 Å². The van der Waals surface area contributed by atoms with Crippen molar-refractivity contribution >= 4 is 5.69 Å². The molecule has 0 bridgehead atoms. The number of alkyl halides is 1. The summed E-state index contributed by atoms with van der Waals surface area (Å²) in [4.78, 5) is 0. The Balaban J connectivity index is 2.36. The molecule has 1 aliphatic heterocycles. The van der Waals surface area contributed by atoms with Crippen LogP contribution in [-0.2, 0) is 13.1 Å². The molecule has 64 valence electrons. The summed E-state index contributed by atoms with van der Waals surface area (Å²) < 4.78 is 12.3. The van der Waals surface area contributed by atoms with Crippen LogP contribution in [0.15, 0.2) is 18.2 Å². The van der Waals surface area contributed by atoms with Gasteiger partial charge in [-0.2, -0.15) is 0 Å². The standard InChI is InChI=1S/C10H12FN/c11-7-8-3-4-9-2-1-5-12-10(9)6-8/h3-4,6,12H,1-2,5,7H2. The lowest BCUT2D eigenvalue weighted by Crippen LogP contribution is -2.11. The molecule has 0 saturated heterocycles. The van der Waals surface area contributed by atoms with Crippen molar-refractivity contribution in [2.75, 3.05) is 11.9 Å². The molecule has 0 radical (unpaired) electrons. The van der Waals surface area contributed by atoms with Crippen LogP contribution in [0.4, 0.5) is 10.1 Å². The fourth-order valence-corrected chi connectivity index (χ4v) is 1.59. The molecule has 1 nitrogen and oxygen atoms in total. The van der Waals surface area contributed by atoms with Crippen LogP contribution < -0.4 is 5.32 Å². The molecule has 1 aromatic carbocycles. The molecule has 0 amide bonds. The Bertz CT molecular complexity index is 283. The third-order valence-electron chi connectivity index (χ3n) is 2.27. The highest BCUT2D eigenvalue weighted by atomic mass is 19.1. The molecule has 12 heavy (non-hydrogen) atoms. The molecule has 0 aromatic heterocycles. The molecule has 2 heteroatoms. The number of halogens is 1. The second-order valence-electron chi connectivity index (χ2n) is 3.16. The molecule has 2 rings (SSSR count). The van der Waals surface area contributed by atoms with E-state index < -0.39 is 0 Å². The summed E-state index contributed by atoms with van der Waals surface area (Å²) >= 11 is 0. The number of anilines is 1. The summed E-state index contributed by atoms with van der Waals surface area (Å²) in [5, 5.41) is 3.27. The summed E-state index contributed by atoms with van der Waals surface area (Å²) in [5.74, 6) is 0. The topological polar surface area (TPSA) is 12.0 Å². The Kier molecular flexibility index (Phi) is 1.98. The van der Waals surface area contributed by atoms with Gasteiger partial charge in [-0.15, -0.1) is 0 Å². The van der Waals surface area contributed by atoms with E-state index in [-0.39, 0.29) is 6.67 Å². The Hall–Kier alpha value is -1.05. The van der Waals surface area contributed by atoms with E-state index in [1.54, 1.807) is 0 Å². The van der Waals surface area contributed by atoms with E-state index in [0.717, 1.165) is 24.2 Å². The average Bonchev–Trinajstić information content (AvgIpc) is 2.17. The summed E-state index contributed by atoms with van der Waals surface area (Å²) in [7, 11) is 0. The van der Waals surface area contributed by atoms with Crippen molar-refractivity contribution < 1.29 is 4.39 Å². The van der Waals surface area contributed by atoms with Gasteiger partial charge < -0.3 is 5.32 Å². The zero-order valence-corrected chi connectivity index (χ0v) is 6.94. The van der Waals surface area contributed by atoms with Crippen molar-refractivity contribution in [3.8, 4) is 0 Å². The monoisotopic (exact) mass is 165 g/mol. The molecule has 0 saturated carbocycles. The van der Waals surface area contributed by atoms with Crippen molar-refractivity contribution in [1.82, 2.24) is 0 Å². The van der Waals surface area contributed by atoms with E-state index in [1.807, 2.05) is 18.2 Å². The molecular formula is C10H12FN. The molecule has 0 unspecified atom stereocenters. The van der Waals surface area contributed by atoms with Crippen LogP contribution in [0.25, 0.3) is 0 Å². The highest BCUT2D eigenvalue weighted by Gasteiger charge is 2.07. The van der Waals surface area contributed by atoms with Crippen molar-refractivity contribution in [3.63, 3.8) is 0 Å². The number of rotatable bonds is 1. The zero-order chi connectivity index (χ0) is 8.39. The van der Waals surface area contributed by atoms with Crippen LogP contribution in [0, 0.1) is 0 Å². The Morgan fingerprint density at radius 3 is 3.17 bits per heavy atom. The fraction of sp³-hybridized carbons (Fsp3) is 0.400. The average molecular weight is 165 g/mol. The highest BCUT2D eigenvalue weighted by molar-refractivity contribution is 5.54. The Labute approximate surface area is 71.6 Å². The lowest BCUT2D eigenvalue weighted by Gasteiger charge is -2.18. The molecule has 0 atom stereocenters. The van der Waals surface area contributed by atoms with Gasteiger partial charge in [-0.25, -0.2) is 4.39 Å². The summed E-state index contributed by atoms with van der Waals surface area (Å²) in [5.41, 5.74) is 3.21. The number of nitrogens with one attached hydrogen (secondary N) is 1. The summed E-state index contributed by atoms with van der Waals surface area (Å²) in [6.45, 7) is 0.650. The lowest BCUT2D eigenvalue weighted by atomic mass is 10.0. The summed E-state index contributed by atoms with van der Waals surface area (Å²) in [6, 6.07) is 5.80. The van der Waals surface area contributed by atoms with Crippen LogP contribution in [0.1, 0.15) is 17.5 Å². The first kappa shape index (κ1) is 7.59. The van der Waals surface area contributed by atoms with E-state index in [1.165, 1.54) is 12.0 Å². The van der Waals surface area contributed by atoms with Gasteiger partial charge in [0, 0.05) is 12.2 Å². The number of aryl methyl sites for hydroxylation is 1. The highest BCUT2D eigenvalue weighted by Crippen LogP contribution is 2.23. The molecule has 1 aromatic rings. The molecular weight excluding hydrogens is 153 g/mol. The van der Waals surface area contributed by atoms with E-state index >= 15 is 0 Å². The largest absolute Gasteiger partial charge is 0.385 e. The maximum Gasteiger partial charge on any atom is 0.115 e. The lowest BCUT2D eigenvalue weighted by molar-refractivity contribution is 0.485. The van der Waals surface area contributed by atoms with Gasteiger partial charge in [0.25, 0.3) is 0 Å². The van der Waals surface area contributed by atoms with Crippen molar-refractivity contribution in [3.05, 3.63) is 29.3 Å². The number of hydrogen-bond acceptors (Lipinski definition) is 1. The Morgan fingerprint density at radius 1 is 1.42 bits per heavy atom. The minimum absolute atomic E-state index is 0.366. The van der Waals surface area contributed by atoms with Crippen molar-refractivity contribution in [2.45, 2.75) is 19.5 Å². The number of hydrogen-bond donors (Lipinski definition) is 1. The van der Waals surface area contributed by atoms with Crippen LogP contribution in [0.5, 0.6) is 0 Å². The molecule has 0 aliphatic carbocycles. The van der Waals surface area contributed by atoms with Gasteiger partial charge in [-0.1, -0.05) is 12.1 Å². The van der Waals surface area contributed by atoms with Crippen LogP contribution in [0.2, 0.25) is 0 Å². The predicted octanol–water partition coefficient (Wildman–Crippen LogP) is 2.51. The minimum atomic E-state index is -0.366. The van der Waals surface area contributed by atoms with Crippen LogP contribution >= 0.6 is 0 Å². The van der Waals surface area contributed by atoms with Gasteiger partial charge in [-0.05, 0) is 30.0 Å². The predicted molar refractivity (Wildman–Crippen MR) is 48.1 cm³/mol. The smallest absolute Gasteiger partial charge is 0.115 e. The zero-order valence-electron chi connectivity index (χ0n) is 6.94. The second kappa shape index (κ2) is 3.13. The number of fused-ring (bicyclic) bond motifs is 1. The first-order valence-electron chi connectivity index (χ1n) is 4.32. The molecule has 1 aliphatic rings. The van der Waals surface area contributed by atoms with E-state index in [9.17, 15) is 4.39 Å². The minimum Gasteiger partial charge on any atom is -0.385 e. The maximum absolute atomic E-state index is 12.3. The van der Waals surface area contributed by atoms with E-state index in [0.29, 0.717) is 0 Å². The molecule has 1 N–H and O–H groups in total. The SMILES string of the molecule is FCc1ccc2c(c1)NCCC2. The molecule has 0 spiro atoms. The number of benzene rings is 1. The molecule has 1 heterocycles. The summed E-state index contributed by atoms with van der Waals surface area (Å²) in [6.07, 6.45) is 2.30. The van der Waals surface area contributed by atoms with Crippen LogP contribution in [-0.4, -0.2) is 6.54 Å². The maximum atomic E-state index is 12.3. The van der Waals surface area contributed by atoms with Gasteiger partial charge in [0.15, 0.2) is 0 Å². The Morgan fingerprint density at radius 2 is 2.33 bits per heavy atom. The van der Waals surface area contributed by atoms with Gasteiger partial charge in [0.2, 0.25) is 0 Å². The van der Waals surface area contributed by atoms with Crippen molar-refractivity contribution in [2.24, 2.45) is 0 Å². The first-order valence-corrected chi connectivity index (χ1v) is 4.32. The van der Waals surface area contributed by atoms with Gasteiger partial charge in [-0.3, -0.25) is 0 Å². The third kappa shape index (κ3) is 1.29. The molecule has 0 fully saturated rings. The second-order valence-corrected chi connectivity index (χ2v) is 3.16. The van der Waals surface area contributed by atoms with Gasteiger partial charge in [0.1, 0.15) is 6.67 Å². The normalized spacial score (nSPS) is 15.1. The quantitative estimate of drug-likeness (QED) is 0.674. The third-order valence-corrected chi connectivity index (χ3v) is 2.27. The fourth-order valence-electron chi connectivity index (χ4n) is 1.59. The first-order chi connectivity index (χ1) is 5.90. The van der Waals surface area contributed by atoms with Crippen molar-refractivity contribution in [1.29, 1.82) is 0 Å². The van der Waals surface area contributed by atoms with E-state index in [4.69, 9.17) is 0 Å². The van der Waals surface area contributed by atoms with Crippen LogP contribution in [0.3, 0.4) is 0 Å². The van der Waals surface area contributed by atoms with Gasteiger partial charge in [0.05, 0.1) is 0 Å².